The average molecular weight is 1540 g/mol. The van der Waals surface area contributed by atoms with Crippen LogP contribution in [0.3, 0.4) is 0 Å². The van der Waals surface area contributed by atoms with Crippen LogP contribution in [0.1, 0.15) is 33.4 Å². The van der Waals surface area contributed by atoms with E-state index in [4.69, 9.17) is 15.2 Å². The van der Waals surface area contributed by atoms with Gasteiger partial charge in [-0.1, -0.05) is 212 Å². The standard InChI is InChI=1S/C27H24O3.C27H27P3.C24H15Br3.CH5BO3.H4OP2/c2*28-16-19-4-1-7-22(10-19)25-13-26(23-8-2-5-20(11-23)17-29)15-27(14-25)24-9-3-6-21(12-24)18-30;25-22-7-1-4-16(13-22)19-10-20(17-5-2-8-23(26)14-17)12-21(11-19)18-6-3-9-24(27)15-18;3-1-2(4)5;2-1-3/h1-15,28-30H,16-18H2;1-15H,16-18,28-30H2;1-15H;3-5H,1H2;2-3H2. The van der Waals surface area contributed by atoms with Gasteiger partial charge in [0, 0.05) is 32.4 Å². The van der Waals surface area contributed by atoms with Gasteiger partial charge in [0.1, 0.15) is 0 Å². The van der Waals surface area contributed by atoms with E-state index in [1.54, 1.807) is 0 Å². The highest BCUT2D eigenvalue weighted by Crippen LogP contribution is 2.39. The van der Waals surface area contributed by atoms with E-state index in [-0.39, 0.29) is 19.8 Å². The summed E-state index contributed by atoms with van der Waals surface area (Å²) >= 11 is 10.8. The van der Waals surface area contributed by atoms with Crippen molar-refractivity contribution in [1.82, 2.24) is 0 Å². The molecule has 5 atom stereocenters. The van der Waals surface area contributed by atoms with Crippen molar-refractivity contribution < 1.29 is 34.8 Å². The van der Waals surface area contributed by atoms with Gasteiger partial charge < -0.3 is 34.8 Å². The van der Waals surface area contributed by atoms with E-state index < -0.39 is 13.6 Å². The molecule has 6 N–H and O–H groups in total. The Morgan fingerprint density at radius 3 is 0.568 bits per heavy atom. The molecular weight excluding hydrogens is 1470 g/mol. The summed E-state index contributed by atoms with van der Waals surface area (Å²) in [7, 11) is 11.0. The number of hydrogen-bond donors (Lipinski definition) is 6. The van der Waals surface area contributed by atoms with E-state index in [2.05, 4.69) is 280 Å². The van der Waals surface area contributed by atoms with Gasteiger partial charge in [-0.05, 0) is 261 Å². The van der Waals surface area contributed by atoms with E-state index in [1.165, 1.54) is 83.5 Å². The molecule has 95 heavy (non-hydrogen) atoms. The summed E-state index contributed by atoms with van der Waals surface area (Å²) in [6.07, 6.45) is 2.90. The molecule has 5 unspecified atom stereocenters. The maximum Gasteiger partial charge on any atom is 0.478 e. The van der Waals surface area contributed by atoms with Gasteiger partial charge in [0.15, 0.2) is 0 Å². The summed E-state index contributed by atoms with van der Waals surface area (Å²) in [6.45, 7) is -0.591. The van der Waals surface area contributed by atoms with Gasteiger partial charge >= 0.3 is 7.12 Å². The third-order valence-electron chi connectivity index (χ3n) is 15.3. The molecule has 12 aromatic carbocycles. The third-order valence-corrected chi connectivity index (χ3v) is 18.1. The smallest absolute Gasteiger partial charge is 0.426 e. The lowest BCUT2D eigenvalue weighted by molar-refractivity contribution is 0.281. The molecule has 0 saturated heterocycles. The van der Waals surface area contributed by atoms with Crippen molar-refractivity contribution >= 4 is 102 Å². The number of rotatable bonds is 16. The molecule has 0 spiro atoms. The van der Waals surface area contributed by atoms with Gasteiger partial charge in [0.2, 0.25) is 0 Å². The third kappa shape index (κ3) is 22.5. The van der Waals surface area contributed by atoms with Crippen LogP contribution in [-0.4, -0.2) is 44.1 Å². The molecule has 0 aromatic heterocycles. The van der Waals surface area contributed by atoms with Crippen LogP contribution in [0.25, 0.3) is 100 Å². The highest BCUT2D eigenvalue weighted by atomic mass is 79.9. The average Bonchev–Trinajstić information content (AvgIpc) is 0.833. The molecule has 0 aliphatic heterocycles. The molecule has 7 nitrogen and oxygen atoms in total. The van der Waals surface area contributed by atoms with Gasteiger partial charge in [-0.2, -0.15) is 0 Å². The molecule has 0 heterocycles. The molecule has 12 rings (SSSR count). The van der Waals surface area contributed by atoms with Crippen LogP contribution < -0.4 is 0 Å². The number of aliphatic hydroxyl groups is 4. The van der Waals surface area contributed by atoms with Crippen molar-refractivity contribution in [3.63, 3.8) is 0 Å². The normalized spacial score (nSPS) is 10.5. The van der Waals surface area contributed by atoms with Gasteiger partial charge in [-0.25, -0.2) is 0 Å². The van der Waals surface area contributed by atoms with Crippen LogP contribution >= 0.6 is 94.4 Å². The van der Waals surface area contributed by atoms with Crippen LogP contribution in [0.5, 0.6) is 0 Å². The number of benzene rings is 12. The van der Waals surface area contributed by atoms with E-state index in [1.807, 2.05) is 91.7 Å². The number of hydrogen-bond acceptors (Lipinski definition) is 7. The quantitative estimate of drug-likeness (QED) is 0.0420. The number of halogens is 3. The molecule has 0 bridgehead atoms. The minimum atomic E-state index is -1.56. The zero-order valence-electron chi connectivity index (χ0n) is 52.1. The van der Waals surface area contributed by atoms with Crippen molar-refractivity contribution in [2.24, 2.45) is 0 Å². The molecule has 0 fully saturated rings. The summed E-state index contributed by atoms with van der Waals surface area (Å²) in [5.41, 5.74) is 27.6. The monoisotopic (exact) mass is 1540 g/mol. The fourth-order valence-electron chi connectivity index (χ4n) is 10.6. The number of aliphatic hydroxyl groups excluding tert-OH is 4. The molecule has 12 aromatic rings. The molecule has 482 valence electrons. The van der Waals surface area contributed by atoms with Crippen LogP contribution in [0.15, 0.2) is 286 Å². The second-order valence-corrected chi connectivity index (χ2v) is 27.1. The minimum absolute atomic E-state index is 0.00250. The topological polar surface area (TPSA) is 131 Å². The van der Waals surface area contributed by atoms with Crippen LogP contribution in [0, 0.1) is 0 Å². The molecule has 0 aliphatic rings. The summed E-state index contributed by atoms with van der Waals surface area (Å²) < 4.78 is 7.32. The lowest BCUT2D eigenvalue weighted by atomic mass is 9.92. The molecule has 0 saturated carbocycles. The second kappa shape index (κ2) is 38.8. The first-order valence-corrected chi connectivity index (χ1v) is 36.2. The first-order valence-electron chi connectivity index (χ1n) is 30.4. The van der Waals surface area contributed by atoms with Crippen molar-refractivity contribution in [1.29, 1.82) is 0 Å². The summed E-state index contributed by atoms with van der Waals surface area (Å²) in [6, 6.07) is 95.7. The Hall–Kier alpha value is -5.99. The Morgan fingerprint density at radius 2 is 0.411 bits per heavy atom. The SMILES string of the molecule is Brc1cccc(-c2cc(-c3cccc(Br)c3)cc(-c3cccc(Br)c3)c2)c1.OCB(O)O.OCc1cccc(-c2cc(-c3cccc(CO)c3)cc(-c3cccc(CO)c3)c2)c1.PCc1cccc(-c2cc(-c3cccc(CP)c3)cc(-c3cccc(CP)c3)c2)c1.POP. The fourth-order valence-corrected chi connectivity index (χ4v) is 12.5. The Kier molecular flexibility index (Phi) is 30.6. The van der Waals surface area contributed by atoms with Crippen molar-refractivity contribution in [3.8, 4) is 100 Å². The van der Waals surface area contributed by atoms with Crippen molar-refractivity contribution in [2.75, 3.05) is 6.51 Å². The van der Waals surface area contributed by atoms with Crippen LogP contribution in [0.2, 0.25) is 0 Å². The van der Waals surface area contributed by atoms with Gasteiger partial charge in [-0.15, -0.1) is 27.7 Å². The highest BCUT2D eigenvalue weighted by molar-refractivity contribution is 9.11. The lowest BCUT2D eigenvalue weighted by Crippen LogP contribution is -2.16. The Balaban J connectivity index is 0.000000173. The van der Waals surface area contributed by atoms with Crippen molar-refractivity contribution in [3.05, 3.63) is 320 Å². The Labute approximate surface area is 596 Å². The molecule has 0 amide bonds. The molecule has 0 radical (unpaired) electrons. The first-order chi connectivity index (χ1) is 46.2. The highest BCUT2D eigenvalue weighted by Gasteiger charge is 2.13. The Morgan fingerprint density at radius 1 is 0.253 bits per heavy atom. The van der Waals surface area contributed by atoms with E-state index in [0.717, 1.165) is 82.0 Å². The zero-order chi connectivity index (χ0) is 67.6. The van der Waals surface area contributed by atoms with Gasteiger partial charge in [-0.3, -0.25) is 0 Å². The van der Waals surface area contributed by atoms with Crippen molar-refractivity contribution in [2.45, 2.75) is 38.3 Å². The van der Waals surface area contributed by atoms with E-state index in [9.17, 15) is 15.3 Å². The van der Waals surface area contributed by atoms with Crippen LogP contribution in [-0.2, 0) is 42.6 Å². The Bertz CT molecular complexity index is 3800. The molecule has 16 heteroatoms. The predicted molar refractivity (Wildman–Crippen MR) is 427 cm³/mol. The van der Waals surface area contributed by atoms with Crippen LogP contribution in [0.4, 0.5) is 0 Å². The summed E-state index contributed by atoms with van der Waals surface area (Å²) in [5.74, 6) is 0. The summed E-state index contributed by atoms with van der Waals surface area (Å²) in [4.78, 5) is 0. The lowest BCUT2D eigenvalue weighted by Gasteiger charge is -2.13. The second-order valence-electron chi connectivity index (χ2n) is 22.0. The van der Waals surface area contributed by atoms with Gasteiger partial charge in [0.25, 0.3) is 0 Å². The maximum absolute atomic E-state index is 9.54. The van der Waals surface area contributed by atoms with E-state index in [0.29, 0.717) is 0 Å². The molecule has 0 aliphatic carbocycles. The fraction of sp³-hybridized carbons (Fsp3) is 0.0886. The molecular formula is C79H75BBr3O7P5. The van der Waals surface area contributed by atoms with Gasteiger partial charge in [0.05, 0.1) is 26.3 Å². The first kappa shape index (κ1) is 74.8. The largest absolute Gasteiger partial charge is 0.478 e. The predicted octanol–water partition coefficient (Wildman–Crippen LogP) is 20.5. The maximum atomic E-state index is 9.54. The van der Waals surface area contributed by atoms with E-state index >= 15 is 0 Å². The summed E-state index contributed by atoms with van der Waals surface area (Å²) in [5, 5.41) is 51.6. The minimum Gasteiger partial charge on any atom is -0.426 e. The zero-order valence-corrected chi connectivity index (χ0v) is 62.7.